The Morgan fingerprint density at radius 1 is 0.492 bits per heavy atom. The molecule has 0 saturated heterocycles. The minimum Gasteiger partial charge on any atom is -0.480 e. The zero-order valence-electron chi connectivity index (χ0n) is 39.3. The van der Waals surface area contributed by atoms with Gasteiger partial charge >= 0.3 is 25.7 Å². The normalized spacial score (nSPS) is 13.6. The Morgan fingerprint density at radius 3 is 1.20 bits per heavy atom. The summed E-state index contributed by atoms with van der Waals surface area (Å²) in [5.74, 6) is -2.36. The molecule has 0 bridgehead atoms. The standard InChI is InChI=1S/C49H94NO10P/c1-3-5-7-9-11-13-15-17-19-21-23-25-27-29-31-33-35-37-39-41-48(52)60-45(43-58-61(55,56)59-44-46(50)49(53)54)42-57-47(51)40-38-36-34-32-30-28-26-24-22-20-18-16-14-12-10-8-6-4-2/h17,19,45-46H,3-16,18,20-44,50H2,1-2H3,(H,53,54)(H,55,56)/b19-17-. The van der Waals surface area contributed by atoms with Crippen molar-refractivity contribution >= 4 is 25.7 Å². The van der Waals surface area contributed by atoms with Gasteiger partial charge in [-0.3, -0.25) is 23.4 Å². The van der Waals surface area contributed by atoms with E-state index in [0.29, 0.717) is 12.8 Å². The van der Waals surface area contributed by atoms with Crippen molar-refractivity contribution in [2.75, 3.05) is 19.8 Å². The molecule has 0 aromatic rings. The van der Waals surface area contributed by atoms with Crippen molar-refractivity contribution in [3.63, 3.8) is 0 Å². The summed E-state index contributed by atoms with van der Waals surface area (Å²) in [5, 5.41) is 8.91. The highest BCUT2D eigenvalue weighted by Gasteiger charge is 2.28. The Hall–Kier alpha value is -1.78. The van der Waals surface area contributed by atoms with Crippen molar-refractivity contribution in [2.45, 2.75) is 264 Å². The van der Waals surface area contributed by atoms with Gasteiger partial charge in [-0.05, 0) is 38.5 Å². The molecule has 12 heteroatoms. The second-order valence-corrected chi connectivity index (χ2v) is 18.8. The minimum absolute atomic E-state index is 0.164. The van der Waals surface area contributed by atoms with Crippen LogP contribution in [0.4, 0.5) is 0 Å². The Kier molecular flexibility index (Phi) is 43.5. The van der Waals surface area contributed by atoms with Crippen LogP contribution in [0.2, 0.25) is 0 Å². The van der Waals surface area contributed by atoms with Crippen molar-refractivity contribution in [1.29, 1.82) is 0 Å². The summed E-state index contributed by atoms with van der Waals surface area (Å²) in [6.07, 6.45) is 47.0. The molecule has 0 spiro atoms. The number of phosphoric ester groups is 1. The molecule has 0 rings (SSSR count). The van der Waals surface area contributed by atoms with E-state index in [0.717, 1.165) is 38.5 Å². The SMILES string of the molecule is CCCCCCCC/C=C\CCCCCCCCCCCC(=O)OC(COC(=O)CCCCCCCCCCCCCCCCCCCC)COP(=O)(O)OCC(N)C(=O)O. The number of carbonyl (C=O) groups excluding carboxylic acids is 2. The van der Waals surface area contributed by atoms with Crippen molar-refractivity contribution in [2.24, 2.45) is 5.73 Å². The average molecular weight is 888 g/mol. The second kappa shape index (κ2) is 44.8. The Bertz CT molecular complexity index is 1090. The molecule has 61 heavy (non-hydrogen) atoms. The molecule has 0 aliphatic rings. The van der Waals surface area contributed by atoms with Gasteiger partial charge in [-0.2, -0.15) is 0 Å². The van der Waals surface area contributed by atoms with Crippen LogP contribution in [-0.2, 0) is 37.5 Å². The maximum absolute atomic E-state index is 12.7. The van der Waals surface area contributed by atoms with Gasteiger partial charge in [0.15, 0.2) is 6.10 Å². The molecule has 3 atom stereocenters. The quantitative estimate of drug-likeness (QED) is 0.0230. The van der Waals surface area contributed by atoms with Crippen LogP contribution < -0.4 is 5.73 Å². The minimum atomic E-state index is -4.72. The molecular weight excluding hydrogens is 794 g/mol. The number of allylic oxidation sites excluding steroid dienone is 2. The van der Waals surface area contributed by atoms with Crippen LogP contribution in [0.15, 0.2) is 12.2 Å². The first-order chi connectivity index (χ1) is 29.6. The van der Waals surface area contributed by atoms with Gasteiger partial charge in [-0.1, -0.05) is 212 Å². The molecule has 0 amide bonds. The predicted octanol–water partition coefficient (Wildman–Crippen LogP) is 14.0. The fraction of sp³-hybridized carbons (Fsp3) is 0.898. The van der Waals surface area contributed by atoms with Crippen LogP contribution in [0.5, 0.6) is 0 Å². The van der Waals surface area contributed by atoms with Gasteiger partial charge in [0.2, 0.25) is 0 Å². The monoisotopic (exact) mass is 888 g/mol. The number of nitrogens with two attached hydrogens (primary N) is 1. The molecule has 0 aromatic carbocycles. The molecular formula is C49H94NO10P. The zero-order chi connectivity index (χ0) is 44.9. The lowest BCUT2D eigenvalue weighted by molar-refractivity contribution is -0.161. The van der Waals surface area contributed by atoms with Crippen molar-refractivity contribution < 1.29 is 47.5 Å². The highest BCUT2D eigenvalue weighted by Crippen LogP contribution is 2.43. The number of unbranched alkanes of at least 4 members (excludes halogenated alkanes) is 32. The smallest absolute Gasteiger partial charge is 0.472 e. The van der Waals surface area contributed by atoms with Crippen LogP contribution in [0.1, 0.15) is 251 Å². The Labute approximate surface area is 373 Å². The molecule has 4 N–H and O–H groups in total. The van der Waals surface area contributed by atoms with E-state index in [1.54, 1.807) is 0 Å². The van der Waals surface area contributed by atoms with E-state index in [4.69, 9.17) is 24.8 Å². The number of carboxylic acid groups (broad SMARTS) is 1. The Morgan fingerprint density at radius 2 is 0.820 bits per heavy atom. The molecule has 0 fully saturated rings. The van der Waals surface area contributed by atoms with E-state index in [1.165, 1.54) is 173 Å². The van der Waals surface area contributed by atoms with E-state index in [2.05, 4.69) is 30.5 Å². The first kappa shape index (κ1) is 59.2. The maximum Gasteiger partial charge on any atom is 0.472 e. The van der Waals surface area contributed by atoms with Gasteiger partial charge in [0, 0.05) is 12.8 Å². The topological polar surface area (TPSA) is 172 Å². The van der Waals surface area contributed by atoms with Crippen LogP contribution in [0.25, 0.3) is 0 Å². The number of carboxylic acids is 1. The molecule has 360 valence electrons. The number of esters is 2. The van der Waals surface area contributed by atoms with Crippen LogP contribution in [0, 0.1) is 0 Å². The lowest BCUT2D eigenvalue weighted by Crippen LogP contribution is -2.34. The maximum atomic E-state index is 12.7. The lowest BCUT2D eigenvalue weighted by Gasteiger charge is -2.20. The highest BCUT2D eigenvalue weighted by atomic mass is 31.2. The summed E-state index contributed by atoms with van der Waals surface area (Å²) < 4.78 is 32.8. The second-order valence-electron chi connectivity index (χ2n) is 17.3. The van der Waals surface area contributed by atoms with Crippen LogP contribution in [0.3, 0.4) is 0 Å². The lowest BCUT2D eigenvalue weighted by atomic mass is 10.0. The third-order valence-electron chi connectivity index (χ3n) is 11.3. The molecule has 0 aliphatic carbocycles. The molecule has 11 nitrogen and oxygen atoms in total. The van der Waals surface area contributed by atoms with Gasteiger partial charge in [0.05, 0.1) is 13.2 Å². The fourth-order valence-corrected chi connectivity index (χ4v) is 8.08. The number of rotatable bonds is 48. The summed E-state index contributed by atoms with van der Waals surface area (Å²) in [6, 6.07) is -1.52. The molecule has 0 aliphatic heterocycles. The molecule has 0 heterocycles. The van der Waals surface area contributed by atoms with Crippen LogP contribution in [-0.4, -0.2) is 59.9 Å². The number of carbonyl (C=O) groups is 3. The molecule has 3 unspecified atom stereocenters. The number of phosphoric acid groups is 1. The summed E-state index contributed by atoms with van der Waals surface area (Å²) in [7, 11) is -4.72. The first-order valence-corrected chi connectivity index (χ1v) is 26.7. The number of hydrogen-bond donors (Lipinski definition) is 3. The summed E-state index contributed by atoms with van der Waals surface area (Å²) in [4.78, 5) is 46.1. The first-order valence-electron chi connectivity index (χ1n) is 25.2. The summed E-state index contributed by atoms with van der Waals surface area (Å²) >= 11 is 0. The van der Waals surface area contributed by atoms with Gasteiger partial charge < -0.3 is 25.2 Å². The number of ether oxygens (including phenoxy) is 2. The van der Waals surface area contributed by atoms with Crippen molar-refractivity contribution in [3.05, 3.63) is 12.2 Å². The van der Waals surface area contributed by atoms with E-state index in [-0.39, 0.29) is 19.4 Å². The molecule has 0 aromatic heterocycles. The van der Waals surface area contributed by atoms with Crippen molar-refractivity contribution in [3.8, 4) is 0 Å². The van der Waals surface area contributed by atoms with E-state index >= 15 is 0 Å². The van der Waals surface area contributed by atoms with E-state index < -0.39 is 51.1 Å². The summed E-state index contributed by atoms with van der Waals surface area (Å²) in [5.41, 5.74) is 5.35. The third kappa shape index (κ3) is 44.6. The predicted molar refractivity (Wildman–Crippen MR) is 249 cm³/mol. The zero-order valence-corrected chi connectivity index (χ0v) is 40.2. The number of aliphatic carboxylic acids is 1. The highest BCUT2D eigenvalue weighted by molar-refractivity contribution is 7.47. The fourth-order valence-electron chi connectivity index (χ4n) is 7.30. The van der Waals surface area contributed by atoms with E-state index in [9.17, 15) is 23.8 Å². The van der Waals surface area contributed by atoms with Crippen LogP contribution >= 0.6 is 7.82 Å². The summed E-state index contributed by atoms with van der Waals surface area (Å²) in [6.45, 7) is 2.85. The van der Waals surface area contributed by atoms with Gasteiger partial charge in [-0.15, -0.1) is 0 Å². The molecule has 0 saturated carbocycles. The third-order valence-corrected chi connectivity index (χ3v) is 12.2. The van der Waals surface area contributed by atoms with Crippen molar-refractivity contribution in [1.82, 2.24) is 0 Å². The van der Waals surface area contributed by atoms with Gasteiger partial charge in [0.25, 0.3) is 0 Å². The number of hydrogen-bond acceptors (Lipinski definition) is 9. The Balaban J connectivity index is 4.23. The van der Waals surface area contributed by atoms with Gasteiger partial charge in [-0.25, -0.2) is 4.57 Å². The molecule has 0 radical (unpaired) electrons. The largest absolute Gasteiger partial charge is 0.480 e. The average Bonchev–Trinajstić information content (AvgIpc) is 3.24. The van der Waals surface area contributed by atoms with E-state index in [1.807, 2.05) is 0 Å². The van der Waals surface area contributed by atoms with Gasteiger partial charge in [0.1, 0.15) is 12.6 Å².